The second-order valence-corrected chi connectivity index (χ2v) is 6.44. The molecular formula is C19H25N3O3. The minimum atomic E-state index is -0.562. The number of carbonyl (C=O) groups excluding carboxylic acids is 1. The lowest BCUT2D eigenvalue weighted by Gasteiger charge is -2.32. The molecule has 1 aliphatic rings. The summed E-state index contributed by atoms with van der Waals surface area (Å²) in [6, 6.07) is 7.44. The molecule has 1 aromatic carbocycles. The topological polar surface area (TPSA) is 57.0 Å². The zero-order chi connectivity index (χ0) is 18.0. The van der Waals surface area contributed by atoms with Crippen molar-refractivity contribution in [2.45, 2.75) is 13.8 Å². The van der Waals surface area contributed by atoms with Gasteiger partial charge in [0.15, 0.2) is 0 Å². The van der Waals surface area contributed by atoms with Crippen molar-refractivity contribution in [1.82, 2.24) is 9.80 Å². The number of piperazine rings is 1. The molecule has 0 aliphatic carbocycles. The molecular weight excluding hydrogens is 318 g/mol. The molecule has 0 radical (unpaired) electrons. The van der Waals surface area contributed by atoms with Crippen LogP contribution in [0.5, 0.6) is 0 Å². The second kappa shape index (κ2) is 7.27. The van der Waals surface area contributed by atoms with Gasteiger partial charge >= 0.3 is 5.63 Å². The first kappa shape index (κ1) is 17.5. The third kappa shape index (κ3) is 3.54. The molecule has 0 atom stereocenters. The molecule has 2 heterocycles. The maximum Gasteiger partial charge on any atom is 0.349 e. The van der Waals surface area contributed by atoms with Gasteiger partial charge in [-0.3, -0.25) is 4.79 Å². The van der Waals surface area contributed by atoms with Gasteiger partial charge in [0.05, 0.1) is 0 Å². The summed E-state index contributed by atoms with van der Waals surface area (Å²) in [7, 11) is 2.03. The van der Waals surface area contributed by atoms with Gasteiger partial charge in [0.1, 0.15) is 11.1 Å². The van der Waals surface area contributed by atoms with Crippen molar-refractivity contribution in [2.75, 3.05) is 51.2 Å². The Morgan fingerprint density at radius 2 is 1.80 bits per heavy atom. The fraction of sp³-hybridized carbons (Fsp3) is 0.474. The average molecular weight is 343 g/mol. The Kier molecular flexibility index (Phi) is 5.08. The lowest BCUT2D eigenvalue weighted by molar-refractivity contribution is 0.0660. The van der Waals surface area contributed by atoms with Crippen LogP contribution >= 0.6 is 0 Å². The molecule has 1 aliphatic heterocycles. The summed E-state index contributed by atoms with van der Waals surface area (Å²) >= 11 is 0. The molecule has 6 nitrogen and oxygen atoms in total. The predicted molar refractivity (Wildman–Crippen MR) is 99.4 cm³/mol. The van der Waals surface area contributed by atoms with Gasteiger partial charge in [-0.05, 0) is 39.1 Å². The zero-order valence-corrected chi connectivity index (χ0v) is 15.1. The smallest absolute Gasteiger partial charge is 0.349 e. The van der Waals surface area contributed by atoms with E-state index in [1.165, 1.54) is 0 Å². The van der Waals surface area contributed by atoms with E-state index in [4.69, 9.17) is 4.42 Å². The largest absolute Gasteiger partial charge is 0.422 e. The van der Waals surface area contributed by atoms with Crippen LogP contribution in [0.2, 0.25) is 0 Å². The highest BCUT2D eigenvalue weighted by Gasteiger charge is 2.23. The zero-order valence-electron chi connectivity index (χ0n) is 15.1. The minimum Gasteiger partial charge on any atom is -0.422 e. The number of nitrogens with zero attached hydrogens (tertiary/aromatic N) is 3. The van der Waals surface area contributed by atoms with Crippen LogP contribution in [-0.4, -0.2) is 62.0 Å². The standard InChI is InChI=1S/C19H25N3O3/c1-4-21(5-2)15-7-6-14-12-16(19(24)25-17(14)13-15)18(23)22-10-8-20(3)9-11-22/h6-7,12-13H,4-5,8-11H2,1-3H3. The van der Waals surface area contributed by atoms with Crippen molar-refractivity contribution in [3.63, 3.8) is 0 Å². The fourth-order valence-electron chi connectivity index (χ4n) is 3.21. The molecule has 0 N–H and O–H groups in total. The molecule has 134 valence electrons. The van der Waals surface area contributed by atoms with Crippen molar-refractivity contribution >= 4 is 22.6 Å². The Bertz CT molecular complexity index is 818. The Morgan fingerprint density at radius 1 is 1.12 bits per heavy atom. The van der Waals surface area contributed by atoms with E-state index >= 15 is 0 Å². The van der Waals surface area contributed by atoms with E-state index in [1.807, 2.05) is 25.2 Å². The van der Waals surface area contributed by atoms with Gasteiger partial charge in [-0.25, -0.2) is 4.79 Å². The van der Waals surface area contributed by atoms with Gasteiger partial charge in [-0.15, -0.1) is 0 Å². The van der Waals surface area contributed by atoms with Gasteiger partial charge in [0, 0.05) is 56.4 Å². The van der Waals surface area contributed by atoms with Crippen molar-refractivity contribution in [2.24, 2.45) is 0 Å². The highest BCUT2D eigenvalue weighted by Crippen LogP contribution is 2.22. The third-order valence-corrected chi connectivity index (χ3v) is 4.87. The minimum absolute atomic E-state index is 0.118. The first-order valence-corrected chi connectivity index (χ1v) is 8.84. The van der Waals surface area contributed by atoms with E-state index in [-0.39, 0.29) is 11.5 Å². The highest BCUT2D eigenvalue weighted by atomic mass is 16.4. The van der Waals surface area contributed by atoms with Crippen molar-refractivity contribution in [3.05, 3.63) is 40.2 Å². The first-order chi connectivity index (χ1) is 12.0. The van der Waals surface area contributed by atoms with Crippen LogP contribution in [0.4, 0.5) is 5.69 Å². The Morgan fingerprint density at radius 3 is 2.44 bits per heavy atom. The Hall–Kier alpha value is -2.34. The molecule has 2 aromatic rings. The number of likely N-dealkylation sites (N-methyl/N-ethyl adjacent to an activating group) is 1. The van der Waals surface area contributed by atoms with Gasteiger partial charge in [0.25, 0.3) is 5.91 Å². The van der Waals surface area contributed by atoms with Gasteiger partial charge in [0.2, 0.25) is 0 Å². The molecule has 1 aromatic heterocycles. The Labute approximate surface area is 147 Å². The summed E-state index contributed by atoms with van der Waals surface area (Å²) in [4.78, 5) is 31.1. The molecule has 1 saturated heterocycles. The number of amides is 1. The van der Waals surface area contributed by atoms with E-state index in [1.54, 1.807) is 11.0 Å². The SMILES string of the molecule is CCN(CC)c1ccc2cc(C(=O)N3CCN(C)CC3)c(=O)oc2c1. The van der Waals surface area contributed by atoms with Crippen molar-refractivity contribution in [3.8, 4) is 0 Å². The monoisotopic (exact) mass is 343 g/mol. The maximum atomic E-state index is 12.7. The van der Waals surface area contributed by atoms with Gasteiger partial charge in [-0.2, -0.15) is 0 Å². The van der Waals surface area contributed by atoms with Crippen molar-refractivity contribution < 1.29 is 9.21 Å². The molecule has 3 rings (SSSR count). The summed E-state index contributed by atoms with van der Waals surface area (Å²) in [6.45, 7) is 8.83. The summed E-state index contributed by atoms with van der Waals surface area (Å²) < 4.78 is 5.47. The number of hydrogen-bond acceptors (Lipinski definition) is 5. The van der Waals surface area contributed by atoms with Crippen LogP contribution in [0.25, 0.3) is 11.0 Å². The number of hydrogen-bond donors (Lipinski definition) is 0. The van der Waals surface area contributed by atoms with E-state index in [2.05, 4.69) is 23.6 Å². The number of benzene rings is 1. The van der Waals surface area contributed by atoms with E-state index < -0.39 is 5.63 Å². The summed E-state index contributed by atoms with van der Waals surface area (Å²) in [5.41, 5.74) is 1.09. The highest BCUT2D eigenvalue weighted by molar-refractivity contribution is 5.97. The van der Waals surface area contributed by atoms with Crippen LogP contribution in [0.3, 0.4) is 0 Å². The lowest BCUT2D eigenvalue weighted by Crippen LogP contribution is -2.48. The molecule has 1 fully saturated rings. The third-order valence-electron chi connectivity index (χ3n) is 4.87. The van der Waals surface area contributed by atoms with Crippen LogP contribution in [0.1, 0.15) is 24.2 Å². The average Bonchev–Trinajstić information content (AvgIpc) is 2.62. The van der Waals surface area contributed by atoms with Gasteiger partial charge in [-0.1, -0.05) is 0 Å². The fourth-order valence-corrected chi connectivity index (χ4v) is 3.21. The maximum absolute atomic E-state index is 12.7. The Balaban J connectivity index is 1.93. The molecule has 0 unspecified atom stereocenters. The summed E-state index contributed by atoms with van der Waals surface area (Å²) in [5.74, 6) is -0.239. The number of fused-ring (bicyclic) bond motifs is 1. The molecule has 25 heavy (non-hydrogen) atoms. The number of rotatable bonds is 4. The summed E-state index contributed by atoms with van der Waals surface area (Å²) in [5, 5.41) is 0.771. The molecule has 0 saturated carbocycles. The van der Waals surface area contributed by atoms with E-state index in [0.717, 1.165) is 37.3 Å². The quantitative estimate of drug-likeness (QED) is 0.795. The summed E-state index contributed by atoms with van der Waals surface area (Å²) in [6.07, 6.45) is 0. The number of anilines is 1. The number of carbonyl (C=O) groups is 1. The van der Waals surface area contributed by atoms with E-state index in [0.29, 0.717) is 18.7 Å². The second-order valence-electron chi connectivity index (χ2n) is 6.44. The van der Waals surface area contributed by atoms with Crippen molar-refractivity contribution in [1.29, 1.82) is 0 Å². The normalized spacial score (nSPS) is 15.6. The molecule has 6 heteroatoms. The first-order valence-electron chi connectivity index (χ1n) is 8.84. The van der Waals surface area contributed by atoms with Crippen LogP contribution in [-0.2, 0) is 0 Å². The lowest BCUT2D eigenvalue weighted by atomic mass is 10.1. The van der Waals surface area contributed by atoms with Crippen LogP contribution in [0.15, 0.2) is 33.5 Å². The van der Waals surface area contributed by atoms with Gasteiger partial charge < -0.3 is 19.1 Å². The van der Waals surface area contributed by atoms with Crippen LogP contribution in [0, 0.1) is 0 Å². The molecule has 0 spiro atoms. The predicted octanol–water partition coefficient (Wildman–Crippen LogP) is 2.03. The molecule has 1 amide bonds. The van der Waals surface area contributed by atoms with E-state index in [9.17, 15) is 9.59 Å². The molecule has 0 bridgehead atoms. The van der Waals surface area contributed by atoms with Crippen LogP contribution < -0.4 is 10.5 Å².